The minimum absolute atomic E-state index is 0.619. The third kappa shape index (κ3) is 5.41. The molecule has 0 aliphatic carbocycles. The lowest BCUT2D eigenvalue weighted by atomic mass is 9.99. The van der Waals surface area contributed by atoms with E-state index in [1.165, 1.54) is 11.6 Å². The summed E-state index contributed by atoms with van der Waals surface area (Å²) in [6.45, 7) is 9.30. The van der Waals surface area contributed by atoms with Crippen molar-refractivity contribution in [2.45, 2.75) is 39.2 Å². The molecule has 0 fully saturated rings. The molecule has 1 atom stereocenters. The van der Waals surface area contributed by atoms with Crippen LogP contribution in [0.1, 0.15) is 33.6 Å². The smallest absolute Gasteiger partial charge is 0.450 e. The highest BCUT2D eigenvalue weighted by atomic mass is 16.7. The van der Waals surface area contributed by atoms with E-state index >= 15 is 0 Å². The number of ether oxygens (including phenoxy) is 1. The number of carboxylic acid groups (broad SMARTS) is 1. The molecule has 0 aliphatic rings. The predicted octanol–water partition coefficient (Wildman–Crippen LogP) is 3.37. The fourth-order valence-electron chi connectivity index (χ4n) is 1.04. The molecule has 0 aromatic rings. The molecule has 0 radical (unpaired) electrons. The molecule has 0 rings (SSSR count). The summed E-state index contributed by atoms with van der Waals surface area (Å²) in [6, 6.07) is 0. The molecule has 0 aliphatic heterocycles. The summed E-state index contributed by atoms with van der Waals surface area (Å²) in [6.07, 6.45) is 3.73. The van der Waals surface area contributed by atoms with Gasteiger partial charge in [-0.15, -0.1) is 0 Å². The van der Waals surface area contributed by atoms with Gasteiger partial charge in [0.2, 0.25) is 0 Å². The van der Waals surface area contributed by atoms with E-state index in [2.05, 4.69) is 6.58 Å². The van der Waals surface area contributed by atoms with Gasteiger partial charge in [-0.3, -0.25) is 0 Å². The van der Waals surface area contributed by atoms with E-state index in [4.69, 9.17) is 9.84 Å². The summed E-state index contributed by atoms with van der Waals surface area (Å²) < 4.78 is 4.74. The maximum atomic E-state index is 10.4. The van der Waals surface area contributed by atoms with Gasteiger partial charge in [-0.05, 0) is 39.7 Å². The lowest BCUT2D eigenvalue weighted by molar-refractivity contribution is 0.0170. The van der Waals surface area contributed by atoms with Gasteiger partial charge in [0.25, 0.3) is 0 Å². The molecule has 0 heterocycles. The third-order valence-electron chi connectivity index (χ3n) is 1.95. The zero-order chi connectivity index (χ0) is 11.2. The Kier molecular flexibility index (Phi) is 4.99. The average Bonchev–Trinajstić information content (AvgIpc) is 2.02. The van der Waals surface area contributed by atoms with E-state index in [9.17, 15) is 4.79 Å². The molecule has 0 amide bonds. The van der Waals surface area contributed by atoms with E-state index in [1.807, 2.05) is 19.9 Å². The molecular weight excluding hydrogens is 180 g/mol. The number of hydrogen-bond acceptors (Lipinski definition) is 2. The molecule has 0 aromatic heterocycles. The Morgan fingerprint density at radius 3 is 2.50 bits per heavy atom. The highest BCUT2D eigenvalue weighted by Gasteiger charge is 2.23. The van der Waals surface area contributed by atoms with Crippen molar-refractivity contribution >= 4 is 6.16 Å². The fraction of sp³-hybridized carbons (Fsp3) is 0.545. The second-order valence-corrected chi connectivity index (χ2v) is 3.70. The Bertz CT molecular complexity index is 239. The molecule has 0 bridgehead atoms. The molecule has 3 nitrogen and oxygen atoms in total. The molecule has 80 valence electrons. The van der Waals surface area contributed by atoms with Crippen LogP contribution in [0.3, 0.4) is 0 Å². The molecule has 0 saturated carbocycles. The van der Waals surface area contributed by atoms with Gasteiger partial charge in [0, 0.05) is 0 Å². The van der Waals surface area contributed by atoms with Crippen molar-refractivity contribution in [2.75, 3.05) is 0 Å². The molecular formula is C11H18O3. The van der Waals surface area contributed by atoms with Gasteiger partial charge in [-0.25, -0.2) is 4.79 Å². The normalized spacial score (nSPS) is 13.9. The van der Waals surface area contributed by atoms with E-state index in [0.29, 0.717) is 6.42 Å². The van der Waals surface area contributed by atoms with Crippen molar-refractivity contribution < 1.29 is 14.6 Å². The van der Waals surface area contributed by atoms with Gasteiger partial charge in [0.1, 0.15) is 5.60 Å². The molecule has 1 N–H and O–H groups in total. The Hall–Kier alpha value is -1.25. The summed E-state index contributed by atoms with van der Waals surface area (Å²) in [5.41, 5.74) is 0.435. The van der Waals surface area contributed by atoms with Crippen molar-refractivity contribution in [1.82, 2.24) is 0 Å². The van der Waals surface area contributed by atoms with Crippen LogP contribution in [0.15, 0.2) is 24.3 Å². The minimum Gasteiger partial charge on any atom is -0.450 e. The van der Waals surface area contributed by atoms with Crippen LogP contribution in [0.2, 0.25) is 0 Å². The Morgan fingerprint density at radius 1 is 1.57 bits per heavy atom. The molecule has 14 heavy (non-hydrogen) atoms. The standard InChI is InChI=1S/C11H18O3/c1-5-11(4,14-10(12)13)8-6-7-9(2)3/h5,7H,1,6,8H2,2-4H3,(H,12,13). The molecule has 0 spiro atoms. The zero-order valence-corrected chi connectivity index (χ0v) is 9.04. The Labute approximate surface area is 85.1 Å². The van der Waals surface area contributed by atoms with Gasteiger partial charge in [0.05, 0.1) is 0 Å². The van der Waals surface area contributed by atoms with E-state index < -0.39 is 11.8 Å². The van der Waals surface area contributed by atoms with E-state index in [-0.39, 0.29) is 0 Å². The largest absolute Gasteiger partial charge is 0.506 e. The predicted molar refractivity (Wildman–Crippen MR) is 56.4 cm³/mol. The minimum atomic E-state index is -1.26. The van der Waals surface area contributed by atoms with Crippen LogP contribution >= 0.6 is 0 Å². The van der Waals surface area contributed by atoms with Gasteiger partial charge in [0.15, 0.2) is 0 Å². The number of hydrogen-bond donors (Lipinski definition) is 1. The third-order valence-corrected chi connectivity index (χ3v) is 1.95. The van der Waals surface area contributed by atoms with Crippen LogP contribution in [0.4, 0.5) is 4.79 Å². The van der Waals surface area contributed by atoms with Gasteiger partial charge in [-0.2, -0.15) is 0 Å². The first-order valence-corrected chi connectivity index (χ1v) is 4.58. The Morgan fingerprint density at radius 2 is 2.14 bits per heavy atom. The Balaban J connectivity index is 4.19. The van der Waals surface area contributed by atoms with E-state index in [0.717, 1.165) is 6.42 Å². The van der Waals surface area contributed by atoms with Crippen molar-refractivity contribution in [3.8, 4) is 0 Å². The van der Waals surface area contributed by atoms with Crippen LogP contribution in [-0.4, -0.2) is 16.9 Å². The highest BCUT2D eigenvalue weighted by Crippen LogP contribution is 2.19. The number of carbonyl (C=O) groups is 1. The SMILES string of the molecule is C=CC(C)(CCC=C(C)C)OC(=O)O. The zero-order valence-electron chi connectivity index (χ0n) is 9.04. The maximum absolute atomic E-state index is 10.4. The van der Waals surface area contributed by atoms with Crippen LogP contribution < -0.4 is 0 Å². The molecule has 0 aromatic carbocycles. The summed E-state index contributed by atoms with van der Waals surface area (Å²) in [5.74, 6) is 0. The van der Waals surface area contributed by atoms with Crippen LogP contribution in [0.5, 0.6) is 0 Å². The average molecular weight is 198 g/mol. The first-order chi connectivity index (χ1) is 6.39. The highest BCUT2D eigenvalue weighted by molar-refractivity contribution is 5.57. The lowest BCUT2D eigenvalue weighted by Crippen LogP contribution is -2.28. The first-order valence-electron chi connectivity index (χ1n) is 4.58. The maximum Gasteiger partial charge on any atom is 0.506 e. The van der Waals surface area contributed by atoms with Crippen molar-refractivity contribution in [3.63, 3.8) is 0 Å². The summed E-state index contributed by atoms with van der Waals surface area (Å²) >= 11 is 0. The second kappa shape index (κ2) is 5.47. The van der Waals surface area contributed by atoms with Crippen molar-refractivity contribution in [2.24, 2.45) is 0 Å². The topological polar surface area (TPSA) is 46.5 Å². The van der Waals surface area contributed by atoms with Gasteiger partial charge < -0.3 is 9.84 Å². The quantitative estimate of drug-likeness (QED) is 0.544. The summed E-state index contributed by atoms with van der Waals surface area (Å²) in [4.78, 5) is 10.4. The monoisotopic (exact) mass is 198 g/mol. The molecule has 1 unspecified atom stereocenters. The first kappa shape index (κ1) is 12.8. The van der Waals surface area contributed by atoms with Crippen LogP contribution in [-0.2, 0) is 4.74 Å². The lowest BCUT2D eigenvalue weighted by Gasteiger charge is -2.23. The fourth-order valence-corrected chi connectivity index (χ4v) is 1.04. The second-order valence-electron chi connectivity index (χ2n) is 3.70. The summed E-state index contributed by atoms with van der Waals surface area (Å²) in [5, 5.41) is 8.50. The van der Waals surface area contributed by atoms with Gasteiger partial charge in [-0.1, -0.05) is 18.2 Å². The number of rotatable bonds is 5. The summed E-state index contributed by atoms with van der Waals surface area (Å²) in [7, 11) is 0. The van der Waals surface area contributed by atoms with E-state index in [1.54, 1.807) is 6.92 Å². The van der Waals surface area contributed by atoms with Crippen LogP contribution in [0.25, 0.3) is 0 Å². The molecule has 0 saturated heterocycles. The van der Waals surface area contributed by atoms with Crippen molar-refractivity contribution in [1.29, 1.82) is 0 Å². The van der Waals surface area contributed by atoms with Crippen LogP contribution in [0, 0.1) is 0 Å². The number of allylic oxidation sites excluding steroid dienone is 2. The van der Waals surface area contributed by atoms with Crippen molar-refractivity contribution in [3.05, 3.63) is 24.3 Å². The molecule has 3 heteroatoms. The van der Waals surface area contributed by atoms with Gasteiger partial charge >= 0.3 is 6.16 Å².